The predicted molar refractivity (Wildman–Crippen MR) is 91.2 cm³/mol. The van der Waals surface area contributed by atoms with E-state index in [1.807, 2.05) is 42.5 Å². The van der Waals surface area contributed by atoms with Crippen LogP contribution in [-0.4, -0.2) is 10.1 Å². The molecule has 0 N–H and O–H groups in total. The van der Waals surface area contributed by atoms with Crippen molar-refractivity contribution in [2.45, 2.75) is 4.90 Å². The molecular formula is C15H7N3S3. The average Bonchev–Trinajstić information content (AvgIpc) is 2.92. The van der Waals surface area contributed by atoms with Crippen LogP contribution < -0.4 is 0 Å². The van der Waals surface area contributed by atoms with Crippen molar-refractivity contribution in [1.29, 1.82) is 5.26 Å². The number of hydrogen-bond acceptors (Lipinski definition) is 6. The molecule has 0 bridgehead atoms. The van der Waals surface area contributed by atoms with Gasteiger partial charge in [0.05, 0.1) is 21.1 Å². The van der Waals surface area contributed by atoms with E-state index >= 15 is 0 Å². The molecule has 0 aliphatic heterocycles. The van der Waals surface area contributed by atoms with Gasteiger partial charge in [0.25, 0.3) is 0 Å². The predicted octanol–water partition coefficient (Wildman–Crippen LogP) is 5.27. The highest BCUT2D eigenvalue weighted by molar-refractivity contribution is 8.03. The number of nitriles is 1. The van der Waals surface area contributed by atoms with Gasteiger partial charge in [0.1, 0.15) is 10.4 Å². The summed E-state index contributed by atoms with van der Waals surface area (Å²) in [5.41, 5.74) is 2.76. The molecule has 0 atom stereocenters. The summed E-state index contributed by atoms with van der Waals surface area (Å²) >= 11 is 7.37. The van der Waals surface area contributed by atoms with Crippen LogP contribution in [0.4, 0.5) is 5.69 Å². The summed E-state index contributed by atoms with van der Waals surface area (Å²) in [6, 6.07) is 13.6. The van der Waals surface area contributed by atoms with Crippen LogP contribution in [0.2, 0.25) is 0 Å². The average molecular weight is 325 g/mol. The van der Waals surface area contributed by atoms with Crippen molar-refractivity contribution in [1.82, 2.24) is 4.98 Å². The maximum Gasteiger partial charge on any atom is 0.138 e. The standard InChI is InChI=1S/C15H7N3S3/c16-8-20-12-4-1-10(2-5-12)15-18-13-6-3-11(17-9-19)7-14(13)21-15/h1-7H. The number of aliphatic imine (C=N–C) groups is 1. The Morgan fingerprint density at radius 1 is 1.19 bits per heavy atom. The summed E-state index contributed by atoms with van der Waals surface area (Å²) in [5.74, 6) is 0. The summed E-state index contributed by atoms with van der Waals surface area (Å²) < 4.78 is 1.06. The van der Waals surface area contributed by atoms with Crippen LogP contribution in [-0.2, 0) is 0 Å². The zero-order chi connectivity index (χ0) is 14.7. The second-order valence-corrected chi connectivity index (χ2v) is 6.16. The lowest BCUT2D eigenvalue weighted by atomic mass is 10.2. The number of rotatable bonds is 3. The summed E-state index contributed by atoms with van der Waals surface area (Å²) in [5, 5.41) is 14.0. The minimum absolute atomic E-state index is 0.786. The topological polar surface area (TPSA) is 49.0 Å². The van der Waals surface area contributed by atoms with Gasteiger partial charge in [0, 0.05) is 10.5 Å². The molecule has 0 radical (unpaired) electrons. The van der Waals surface area contributed by atoms with Gasteiger partial charge in [0.2, 0.25) is 0 Å². The van der Waals surface area contributed by atoms with Crippen molar-refractivity contribution in [3.8, 4) is 16.0 Å². The minimum Gasteiger partial charge on any atom is -0.236 e. The summed E-state index contributed by atoms with van der Waals surface area (Å²) in [6.07, 6.45) is 0. The van der Waals surface area contributed by atoms with Gasteiger partial charge in [-0.15, -0.1) is 11.3 Å². The normalized spacial score (nSPS) is 10.0. The van der Waals surface area contributed by atoms with E-state index in [4.69, 9.17) is 5.26 Å². The summed E-state index contributed by atoms with van der Waals surface area (Å²) in [7, 11) is 0. The van der Waals surface area contributed by atoms with Crippen LogP contribution in [0.25, 0.3) is 20.8 Å². The molecule has 0 amide bonds. The van der Waals surface area contributed by atoms with E-state index in [0.29, 0.717) is 0 Å². The molecule has 100 valence electrons. The van der Waals surface area contributed by atoms with E-state index < -0.39 is 0 Å². The molecule has 3 aromatic rings. The maximum absolute atomic E-state index is 8.65. The highest BCUT2D eigenvalue weighted by Crippen LogP contribution is 2.33. The Labute approximate surface area is 135 Å². The van der Waals surface area contributed by atoms with Crippen molar-refractivity contribution < 1.29 is 0 Å². The van der Waals surface area contributed by atoms with Crippen LogP contribution in [0.3, 0.4) is 0 Å². The number of hydrogen-bond donors (Lipinski definition) is 0. The van der Waals surface area contributed by atoms with E-state index in [1.165, 1.54) is 0 Å². The molecule has 0 saturated carbocycles. The molecule has 0 unspecified atom stereocenters. The first-order chi connectivity index (χ1) is 10.3. The number of aromatic nitrogens is 1. The second-order valence-electron chi connectivity index (χ2n) is 4.09. The molecule has 0 aliphatic carbocycles. The van der Waals surface area contributed by atoms with E-state index in [9.17, 15) is 0 Å². The van der Waals surface area contributed by atoms with Crippen molar-refractivity contribution in [2.24, 2.45) is 4.99 Å². The largest absolute Gasteiger partial charge is 0.236 e. The third-order valence-corrected chi connectivity index (χ3v) is 4.57. The summed E-state index contributed by atoms with van der Waals surface area (Å²) in [6.45, 7) is 0. The Morgan fingerprint density at radius 3 is 2.71 bits per heavy atom. The Bertz CT molecular complexity index is 885. The van der Waals surface area contributed by atoms with E-state index in [0.717, 1.165) is 43.1 Å². The number of nitrogens with zero attached hydrogens (tertiary/aromatic N) is 3. The fourth-order valence-corrected chi connectivity index (χ4v) is 3.36. The first-order valence-electron chi connectivity index (χ1n) is 5.95. The van der Waals surface area contributed by atoms with Crippen molar-refractivity contribution >= 4 is 56.4 Å². The zero-order valence-electron chi connectivity index (χ0n) is 10.6. The minimum atomic E-state index is 0.786. The number of thiocyanates is 1. The molecule has 0 fully saturated rings. The first-order valence-corrected chi connectivity index (χ1v) is 7.99. The van der Waals surface area contributed by atoms with E-state index in [2.05, 4.69) is 32.8 Å². The molecule has 0 saturated heterocycles. The lowest BCUT2D eigenvalue weighted by molar-refractivity contribution is 1.43. The molecule has 1 aromatic heterocycles. The van der Waals surface area contributed by atoms with Gasteiger partial charge < -0.3 is 0 Å². The number of benzene rings is 2. The van der Waals surface area contributed by atoms with Gasteiger partial charge in [-0.3, -0.25) is 0 Å². The van der Waals surface area contributed by atoms with Crippen molar-refractivity contribution in [2.75, 3.05) is 0 Å². The number of isothiocyanates is 1. The Morgan fingerprint density at radius 2 is 2.00 bits per heavy atom. The summed E-state index contributed by atoms with van der Waals surface area (Å²) in [4.78, 5) is 9.53. The number of thiocarbonyl (C=S) groups is 1. The third kappa shape index (κ3) is 3.02. The van der Waals surface area contributed by atoms with Crippen LogP contribution >= 0.6 is 35.3 Å². The second kappa shape index (κ2) is 6.17. The highest BCUT2D eigenvalue weighted by Gasteiger charge is 2.07. The number of thiazole rings is 1. The smallest absolute Gasteiger partial charge is 0.138 e. The quantitative estimate of drug-likeness (QED) is 0.285. The van der Waals surface area contributed by atoms with Crippen LogP contribution in [0.5, 0.6) is 0 Å². The van der Waals surface area contributed by atoms with Crippen molar-refractivity contribution in [3.63, 3.8) is 0 Å². The SMILES string of the molecule is N#CSc1ccc(-c2nc3ccc(N=C=S)cc3s2)cc1. The molecule has 3 nitrogen and oxygen atoms in total. The highest BCUT2D eigenvalue weighted by atomic mass is 32.2. The van der Waals surface area contributed by atoms with Crippen LogP contribution in [0.1, 0.15) is 0 Å². The molecule has 3 rings (SSSR count). The zero-order valence-corrected chi connectivity index (χ0v) is 13.1. The lowest BCUT2D eigenvalue weighted by Gasteiger charge is -1.96. The fourth-order valence-electron chi connectivity index (χ4n) is 1.88. The molecule has 0 spiro atoms. The van der Waals surface area contributed by atoms with Gasteiger partial charge in [-0.05, 0) is 54.3 Å². The molecule has 0 aliphatic rings. The molecule has 1 heterocycles. The third-order valence-electron chi connectivity index (χ3n) is 2.81. The van der Waals surface area contributed by atoms with Gasteiger partial charge in [0.15, 0.2) is 0 Å². The maximum atomic E-state index is 8.65. The lowest BCUT2D eigenvalue weighted by Crippen LogP contribution is -1.76. The Kier molecular flexibility index (Phi) is 4.09. The number of thioether (sulfide) groups is 1. The molecular weight excluding hydrogens is 318 g/mol. The van der Waals surface area contributed by atoms with Gasteiger partial charge in [-0.2, -0.15) is 10.3 Å². The van der Waals surface area contributed by atoms with Crippen LogP contribution in [0.15, 0.2) is 52.4 Å². The van der Waals surface area contributed by atoms with Gasteiger partial charge in [-0.25, -0.2) is 4.98 Å². The molecule has 2 aromatic carbocycles. The van der Waals surface area contributed by atoms with Crippen LogP contribution in [0, 0.1) is 10.7 Å². The fraction of sp³-hybridized carbons (Fsp3) is 0. The van der Waals surface area contributed by atoms with Gasteiger partial charge >= 0.3 is 0 Å². The van der Waals surface area contributed by atoms with Gasteiger partial charge in [-0.1, -0.05) is 12.1 Å². The molecule has 21 heavy (non-hydrogen) atoms. The van der Waals surface area contributed by atoms with E-state index in [-0.39, 0.29) is 0 Å². The monoisotopic (exact) mass is 325 g/mol. The van der Waals surface area contributed by atoms with E-state index in [1.54, 1.807) is 11.3 Å². The van der Waals surface area contributed by atoms with Crippen molar-refractivity contribution in [3.05, 3.63) is 42.5 Å². The number of fused-ring (bicyclic) bond motifs is 1. The Balaban J connectivity index is 2.00. The molecule has 6 heteroatoms. The Hall–Kier alpha value is -2.03. The first kappa shape index (κ1) is 13.9.